The van der Waals surface area contributed by atoms with Crippen LogP contribution in [0.1, 0.15) is 52.7 Å². The average molecular weight is 779 g/mol. The first kappa shape index (κ1) is 34.9. The zero-order chi connectivity index (χ0) is 40.7. The number of para-hydroxylation sites is 4. The molecule has 0 bridgehead atoms. The van der Waals surface area contributed by atoms with E-state index in [0.717, 1.165) is 88.1 Å². The van der Waals surface area contributed by atoms with Crippen molar-refractivity contribution in [2.24, 2.45) is 5.41 Å². The fourth-order valence-electron chi connectivity index (χ4n) is 10.2. The van der Waals surface area contributed by atoms with Crippen molar-refractivity contribution in [1.29, 1.82) is 0 Å². The third kappa shape index (κ3) is 4.56. The highest BCUT2D eigenvalue weighted by atomic mass is 16.3. The first-order valence-corrected chi connectivity index (χ1v) is 20.8. The molecule has 11 aromatic rings. The lowest BCUT2D eigenvalue weighted by molar-refractivity contribution is 0.125. The van der Waals surface area contributed by atoms with Gasteiger partial charge in [0, 0.05) is 38.1 Å². The van der Waals surface area contributed by atoms with Crippen LogP contribution in [0.4, 0.5) is 0 Å². The van der Waals surface area contributed by atoms with Gasteiger partial charge in [-0.2, -0.15) is 0 Å². The van der Waals surface area contributed by atoms with Crippen LogP contribution in [0.3, 0.4) is 0 Å². The second-order valence-electron chi connectivity index (χ2n) is 18.0. The Balaban J connectivity index is 1.21. The molecular weight excluding hydrogens is 737 g/mol. The van der Waals surface area contributed by atoms with Gasteiger partial charge in [-0.05, 0) is 75.9 Å². The van der Waals surface area contributed by atoms with Gasteiger partial charge >= 0.3 is 0 Å². The molecule has 0 fully saturated rings. The minimum atomic E-state index is -0.168. The summed E-state index contributed by atoms with van der Waals surface area (Å²) in [6, 6.07) is 50.9. The number of nitrogens with zero attached hydrogens (tertiary/aromatic N) is 4. The summed E-state index contributed by atoms with van der Waals surface area (Å²) < 4.78 is 15.7. The van der Waals surface area contributed by atoms with E-state index >= 15 is 0 Å². The number of benzene rings is 7. The summed E-state index contributed by atoms with van der Waals surface area (Å²) in [5.41, 5.74) is 11.4. The summed E-state index contributed by atoms with van der Waals surface area (Å²) in [5.74, 6) is 1.75. The highest BCUT2D eigenvalue weighted by Crippen LogP contribution is 2.62. The largest absolute Gasteiger partial charge is 0.455 e. The molecule has 1 aliphatic rings. The van der Waals surface area contributed by atoms with Crippen molar-refractivity contribution in [3.8, 4) is 39.9 Å². The molecule has 12 rings (SSSR count). The summed E-state index contributed by atoms with van der Waals surface area (Å²) in [6.45, 7) is 14.4. The third-order valence-corrected chi connectivity index (χ3v) is 14.6. The minimum Gasteiger partial charge on any atom is -0.455 e. The number of fused-ring (bicyclic) bond motifs is 11. The van der Waals surface area contributed by atoms with E-state index in [-0.39, 0.29) is 16.2 Å². The van der Waals surface area contributed by atoms with Gasteiger partial charge in [0.25, 0.3) is 0 Å². The molecule has 0 aliphatic heterocycles. The monoisotopic (exact) mass is 778 g/mol. The van der Waals surface area contributed by atoms with Gasteiger partial charge in [0.2, 0.25) is 0 Å². The van der Waals surface area contributed by atoms with E-state index < -0.39 is 0 Å². The SMILES string of the molecule is CC1(C)c2cc(-c3nc(-c4ccccc4)nc(-c4cccc5c4oc4ccccc45)n3)c(-n3c4ccccc4c4c5oc6ccccc6c5ccc43)cc2C(C)(C)C1(C)C. The molecule has 4 heterocycles. The van der Waals surface area contributed by atoms with E-state index in [0.29, 0.717) is 17.5 Å². The molecule has 0 unspecified atom stereocenters. The highest BCUT2D eigenvalue weighted by Gasteiger charge is 2.57. The van der Waals surface area contributed by atoms with Crippen molar-refractivity contribution >= 4 is 65.7 Å². The van der Waals surface area contributed by atoms with Crippen molar-refractivity contribution in [3.05, 3.63) is 157 Å². The highest BCUT2D eigenvalue weighted by molar-refractivity contribution is 6.24. The van der Waals surface area contributed by atoms with Crippen LogP contribution in [0.5, 0.6) is 0 Å². The lowest BCUT2D eigenvalue weighted by Gasteiger charge is -2.44. The average Bonchev–Trinajstić information content (AvgIpc) is 3.97. The molecule has 60 heavy (non-hydrogen) atoms. The fourth-order valence-corrected chi connectivity index (χ4v) is 10.2. The van der Waals surface area contributed by atoms with Crippen LogP contribution in [-0.2, 0) is 10.8 Å². The molecule has 0 radical (unpaired) electrons. The van der Waals surface area contributed by atoms with Gasteiger partial charge < -0.3 is 13.4 Å². The van der Waals surface area contributed by atoms with E-state index in [4.69, 9.17) is 23.8 Å². The van der Waals surface area contributed by atoms with Crippen LogP contribution < -0.4 is 0 Å². The predicted octanol–water partition coefficient (Wildman–Crippen LogP) is 14.4. The Morgan fingerprint density at radius 3 is 1.70 bits per heavy atom. The maximum absolute atomic E-state index is 6.73. The number of aromatic nitrogens is 4. The van der Waals surface area contributed by atoms with Gasteiger partial charge in [-0.25, -0.2) is 15.0 Å². The number of hydrogen-bond donors (Lipinski definition) is 0. The summed E-state index contributed by atoms with van der Waals surface area (Å²) in [6.07, 6.45) is 0. The van der Waals surface area contributed by atoms with E-state index in [1.54, 1.807) is 0 Å². The standard InChI is InChI=1S/C54H42N4O2/c1-52(2)39-29-38(51-56-49(31-17-8-7-9-18-31)55-50(57-51)37-23-16-22-34-32-19-11-14-25-44(32)59-47(34)37)43(30-40(39)53(3,4)54(52,5)6)58-41-24-13-10-21-36(41)46-42(58)28-27-35-33-20-12-15-26-45(33)60-48(35)46/h7-30H,1-6H3. The van der Waals surface area contributed by atoms with E-state index in [1.165, 1.54) is 11.1 Å². The lowest BCUT2D eigenvalue weighted by Crippen LogP contribution is -2.42. The molecule has 0 N–H and O–H groups in total. The summed E-state index contributed by atoms with van der Waals surface area (Å²) >= 11 is 0. The van der Waals surface area contributed by atoms with E-state index in [2.05, 4.69) is 149 Å². The molecular formula is C54H42N4O2. The van der Waals surface area contributed by atoms with Crippen LogP contribution in [0, 0.1) is 5.41 Å². The van der Waals surface area contributed by atoms with Gasteiger partial charge in [-0.1, -0.05) is 139 Å². The van der Waals surface area contributed by atoms with Crippen LogP contribution in [0.2, 0.25) is 0 Å². The molecule has 0 atom stereocenters. The quantitative estimate of drug-likeness (QED) is 0.178. The number of rotatable bonds is 4. The first-order valence-electron chi connectivity index (χ1n) is 20.8. The molecule has 0 saturated heterocycles. The Kier molecular flexibility index (Phi) is 7.00. The first-order chi connectivity index (χ1) is 29.0. The summed E-state index contributed by atoms with van der Waals surface area (Å²) in [4.78, 5) is 16.1. The second-order valence-corrected chi connectivity index (χ2v) is 18.0. The lowest BCUT2D eigenvalue weighted by atomic mass is 9.59. The zero-order valence-corrected chi connectivity index (χ0v) is 34.5. The zero-order valence-electron chi connectivity index (χ0n) is 34.5. The van der Waals surface area contributed by atoms with Crippen molar-refractivity contribution in [3.63, 3.8) is 0 Å². The molecule has 290 valence electrons. The van der Waals surface area contributed by atoms with Crippen molar-refractivity contribution in [2.75, 3.05) is 0 Å². The van der Waals surface area contributed by atoms with Crippen molar-refractivity contribution < 1.29 is 8.83 Å². The Bertz CT molecular complexity index is 3580. The second kappa shape index (κ2) is 12.0. The maximum atomic E-state index is 6.73. The molecule has 0 saturated carbocycles. The molecule has 6 nitrogen and oxygen atoms in total. The minimum absolute atomic E-state index is 0.0735. The molecule has 0 spiro atoms. The molecule has 4 aromatic heterocycles. The van der Waals surface area contributed by atoms with Crippen LogP contribution in [0.15, 0.2) is 154 Å². The predicted molar refractivity (Wildman–Crippen MR) is 245 cm³/mol. The maximum Gasteiger partial charge on any atom is 0.167 e. The molecule has 6 heteroatoms. The third-order valence-electron chi connectivity index (χ3n) is 14.6. The summed E-state index contributed by atoms with van der Waals surface area (Å²) in [7, 11) is 0. The van der Waals surface area contributed by atoms with E-state index in [1.807, 2.05) is 42.5 Å². The van der Waals surface area contributed by atoms with Gasteiger partial charge in [0.1, 0.15) is 22.3 Å². The number of hydrogen-bond acceptors (Lipinski definition) is 5. The molecule has 0 amide bonds. The Morgan fingerprint density at radius 2 is 0.983 bits per heavy atom. The summed E-state index contributed by atoms with van der Waals surface area (Å²) in [5, 5.41) is 6.52. The topological polar surface area (TPSA) is 69.9 Å². The van der Waals surface area contributed by atoms with Crippen LogP contribution in [-0.4, -0.2) is 19.5 Å². The van der Waals surface area contributed by atoms with Crippen molar-refractivity contribution in [1.82, 2.24) is 19.5 Å². The van der Waals surface area contributed by atoms with E-state index in [9.17, 15) is 0 Å². The van der Waals surface area contributed by atoms with Crippen molar-refractivity contribution in [2.45, 2.75) is 52.4 Å². The van der Waals surface area contributed by atoms with Crippen LogP contribution >= 0.6 is 0 Å². The van der Waals surface area contributed by atoms with Crippen LogP contribution in [0.25, 0.3) is 106 Å². The number of furan rings is 2. The normalized spacial score (nSPS) is 15.6. The molecule has 7 aromatic carbocycles. The molecule has 1 aliphatic carbocycles. The van der Waals surface area contributed by atoms with Gasteiger partial charge in [0.15, 0.2) is 17.5 Å². The van der Waals surface area contributed by atoms with Gasteiger partial charge in [0.05, 0.1) is 27.7 Å². The van der Waals surface area contributed by atoms with Gasteiger partial charge in [-0.3, -0.25) is 0 Å². The fraction of sp³-hybridized carbons (Fsp3) is 0.167. The smallest absolute Gasteiger partial charge is 0.167 e. The Morgan fingerprint density at radius 1 is 0.433 bits per heavy atom. The Labute approximate surface area is 347 Å². The van der Waals surface area contributed by atoms with Gasteiger partial charge in [-0.15, -0.1) is 0 Å². The Hall–Kier alpha value is -7.05.